The van der Waals surface area contributed by atoms with Crippen molar-refractivity contribution >= 4 is 16.0 Å². The molecule has 1 saturated carbocycles. The number of methoxy groups -OCH3 is 1. The molecule has 5 nitrogen and oxygen atoms in total. The van der Waals surface area contributed by atoms with Gasteiger partial charge in [-0.05, 0) is 74.6 Å². The van der Waals surface area contributed by atoms with Gasteiger partial charge in [0, 0.05) is 19.0 Å². The first kappa shape index (κ1) is 19.4. The third-order valence-electron chi connectivity index (χ3n) is 5.65. The molecule has 0 spiro atoms. The molecule has 0 bridgehead atoms. The monoisotopic (exact) mass is 379 g/mol. The van der Waals surface area contributed by atoms with Crippen molar-refractivity contribution in [2.24, 2.45) is 0 Å². The van der Waals surface area contributed by atoms with Gasteiger partial charge in [-0.3, -0.25) is 4.79 Å². The average molecular weight is 380 g/mol. The first-order valence-corrected chi connectivity index (χ1v) is 11.0. The number of carbonyl (C=O) groups excluding carboxylic acids is 1. The molecule has 6 heteroatoms. The lowest BCUT2D eigenvalue weighted by molar-refractivity contribution is -0.141. The van der Waals surface area contributed by atoms with Crippen LogP contribution in [0.3, 0.4) is 0 Å². The smallest absolute Gasteiger partial charge is 0.305 e. The molecule has 1 aromatic rings. The number of sulfonamides is 1. The maximum Gasteiger partial charge on any atom is 0.305 e. The first-order valence-electron chi connectivity index (χ1n) is 9.54. The van der Waals surface area contributed by atoms with E-state index in [4.69, 9.17) is 4.74 Å². The lowest BCUT2D eigenvalue weighted by atomic mass is 10.0. The molecular formula is C20H29NO4S. The van der Waals surface area contributed by atoms with Crippen molar-refractivity contribution in [3.8, 4) is 0 Å². The Kier molecular flexibility index (Phi) is 5.72. The number of aryl methyl sites for hydroxylation is 2. The number of nitrogens with zero attached hydrogens (tertiary/aromatic N) is 1. The zero-order chi connectivity index (χ0) is 18.9. The molecule has 0 amide bonds. The van der Waals surface area contributed by atoms with Gasteiger partial charge in [-0.2, -0.15) is 4.31 Å². The van der Waals surface area contributed by atoms with Gasteiger partial charge in [0.2, 0.25) is 10.0 Å². The number of hydrogen-bond donors (Lipinski definition) is 0. The van der Waals surface area contributed by atoms with Crippen LogP contribution in [-0.2, 0) is 19.6 Å². The second-order valence-corrected chi connectivity index (χ2v) is 9.49. The quantitative estimate of drug-likeness (QED) is 0.708. The van der Waals surface area contributed by atoms with Crippen LogP contribution in [-0.4, -0.2) is 38.4 Å². The van der Waals surface area contributed by atoms with Crippen molar-refractivity contribution in [3.05, 3.63) is 28.8 Å². The lowest BCUT2D eigenvalue weighted by Gasteiger charge is -2.35. The van der Waals surface area contributed by atoms with Gasteiger partial charge in [-0.15, -0.1) is 0 Å². The standard InChI is InChI=1S/C20H29NO4S/c1-14-13-19(15(2)12-18(14)16-7-8-16)26(23,24)21-11-5-4-6-17(21)9-10-20(22)25-3/h12-13,16-17H,4-11H2,1-3H3. The van der Waals surface area contributed by atoms with Crippen molar-refractivity contribution in [1.82, 2.24) is 4.31 Å². The van der Waals surface area contributed by atoms with E-state index in [1.54, 1.807) is 4.31 Å². The van der Waals surface area contributed by atoms with Gasteiger partial charge in [0.25, 0.3) is 0 Å². The van der Waals surface area contributed by atoms with Gasteiger partial charge >= 0.3 is 5.97 Å². The van der Waals surface area contributed by atoms with E-state index in [0.717, 1.165) is 30.4 Å². The highest BCUT2D eigenvalue weighted by Crippen LogP contribution is 2.43. The van der Waals surface area contributed by atoms with E-state index < -0.39 is 10.0 Å². The van der Waals surface area contributed by atoms with Crippen LogP contribution >= 0.6 is 0 Å². The number of ether oxygens (including phenoxy) is 1. The fourth-order valence-electron chi connectivity index (χ4n) is 4.02. The van der Waals surface area contributed by atoms with E-state index in [-0.39, 0.29) is 18.4 Å². The summed E-state index contributed by atoms with van der Waals surface area (Å²) in [4.78, 5) is 11.9. The fraction of sp³-hybridized carbons (Fsp3) is 0.650. The van der Waals surface area contributed by atoms with Crippen molar-refractivity contribution in [2.75, 3.05) is 13.7 Å². The third-order valence-corrected chi connectivity index (χ3v) is 7.74. The SMILES string of the molecule is COC(=O)CCC1CCCCN1S(=O)(=O)c1cc(C)c(C2CC2)cc1C. The molecule has 0 N–H and O–H groups in total. The minimum absolute atomic E-state index is 0.129. The minimum Gasteiger partial charge on any atom is -0.469 e. The summed E-state index contributed by atoms with van der Waals surface area (Å²) in [6, 6.07) is 3.79. The molecule has 0 radical (unpaired) electrons. The van der Waals surface area contributed by atoms with Gasteiger partial charge in [-0.25, -0.2) is 8.42 Å². The van der Waals surface area contributed by atoms with Crippen LogP contribution < -0.4 is 0 Å². The van der Waals surface area contributed by atoms with Crippen LogP contribution in [0.2, 0.25) is 0 Å². The predicted octanol–water partition coefficient (Wildman–Crippen LogP) is 3.68. The highest BCUT2D eigenvalue weighted by Gasteiger charge is 2.35. The summed E-state index contributed by atoms with van der Waals surface area (Å²) >= 11 is 0. The number of hydrogen-bond acceptors (Lipinski definition) is 4. The normalized spacial score (nSPS) is 21.6. The van der Waals surface area contributed by atoms with Crippen LogP contribution in [0.1, 0.15) is 67.6 Å². The summed E-state index contributed by atoms with van der Waals surface area (Å²) in [7, 11) is -2.19. The Hall–Kier alpha value is -1.40. The second kappa shape index (κ2) is 7.69. The molecule has 2 fully saturated rings. The maximum absolute atomic E-state index is 13.4. The third kappa shape index (κ3) is 3.96. The topological polar surface area (TPSA) is 63.7 Å². The van der Waals surface area contributed by atoms with Crippen LogP contribution in [0.5, 0.6) is 0 Å². The van der Waals surface area contributed by atoms with Crippen molar-refractivity contribution in [2.45, 2.75) is 75.6 Å². The Bertz CT molecular complexity index is 783. The summed E-state index contributed by atoms with van der Waals surface area (Å²) < 4.78 is 33.1. The number of rotatable bonds is 6. The number of benzene rings is 1. The number of carbonyl (C=O) groups is 1. The Labute approximate surface area is 156 Å². The summed E-state index contributed by atoms with van der Waals surface area (Å²) in [5.74, 6) is 0.321. The van der Waals surface area contributed by atoms with Gasteiger partial charge in [0.1, 0.15) is 0 Å². The zero-order valence-electron chi connectivity index (χ0n) is 16.0. The van der Waals surface area contributed by atoms with Crippen molar-refractivity contribution in [3.63, 3.8) is 0 Å². The van der Waals surface area contributed by atoms with Crippen LogP contribution in [0, 0.1) is 13.8 Å². The lowest BCUT2D eigenvalue weighted by Crippen LogP contribution is -2.44. The maximum atomic E-state index is 13.4. The molecule has 1 unspecified atom stereocenters. The van der Waals surface area contributed by atoms with Gasteiger partial charge in [0.05, 0.1) is 12.0 Å². The largest absolute Gasteiger partial charge is 0.469 e. The van der Waals surface area contributed by atoms with E-state index in [9.17, 15) is 13.2 Å². The Morgan fingerprint density at radius 1 is 1.15 bits per heavy atom. The molecule has 1 saturated heterocycles. The average Bonchev–Trinajstić information content (AvgIpc) is 3.46. The van der Waals surface area contributed by atoms with Gasteiger partial charge < -0.3 is 4.74 Å². The number of piperidine rings is 1. The molecule has 3 rings (SSSR count). The molecule has 144 valence electrons. The van der Waals surface area contributed by atoms with E-state index in [2.05, 4.69) is 6.07 Å². The van der Waals surface area contributed by atoms with Gasteiger partial charge in [0.15, 0.2) is 0 Å². The summed E-state index contributed by atoms with van der Waals surface area (Å²) in [6.45, 7) is 4.43. The number of esters is 1. The molecule has 1 aliphatic carbocycles. The van der Waals surface area contributed by atoms with Crippen LogP contribution in [0.25, 0.3) is 0 Å². The summed E-state index contributed by atoms with van der Waals surface area (Å²) in [5.41, 5.74) is 3.19. The van der Waals surface area contributed by atoms with Crippen LogP contribution in [0.4, 0.5) is 0 Å². The predicted molar refractivity (Wildman–Crippen MR) is 101 cm³/mol. The molecule has 26 heavy (non-hydrogen) atoms. The Balaban J connectivity index is 1.87. The summed E-state index contributed by atoms with van der Waals surface area (Å²) in [5, 5.41) is 0. The van der Waals surface area contributed by atoms with E-state index in [1.807, 2.05) is 19.9 Å². The molecular weight excluding hydrogens is 350 g/mol. The minimum atomic E-state index is -3.56. The Morgan fingerprint density at radius 2 is 1.88 bits per heavy atom. The highest BCUT2D eigenvalue weighted by atomic mass is 32.2. The molecule has 1 heterocycles. The zero-order valence-corrected chi connectivity index (χ0v) is 16.8. The van der Waals surface area contributed by atoms with Crippen LogP contribution in [0.15, 0.2) is 17.0 Å². The van der Waals surface area contributed by atoms with E-state index in [0.29, 0.717) is 23.8 Å². The fourth-order valence-corrected chi connectivity index (χ4v) is 6.03. The second-order valence-electron chi connectivity index (χ2n) is 7.63. The molecule has 0 aromatic heterocycles. The van der Waals surface area contributed by atoms with E-state index >= 15 is 0 Å². The van der Waals surface area contributed by atoms with Crippen molar-refractivity contribution in [1.29, 1.82) is 0 Å². The molecule has 1 aromatic carbocycles. The van der Waals surface area contributed by atoms with Gasteiger partial charge in [-0.1, -0.05) is 12.5 Å². The van der Waals surface area contributed by atoms with Crippen molar-refractivity contribution < 1.29 is 17.9 Å². The molecule has 1 atom stereocenters. The highest BCUT2D eigenvalue weighted by molar-refractivity contribution is 7.89. The summed E-state index contributed by atoms with van der Waals surface area (Å²) in [6.07, 6.45) is 5.84. The Morgan fingerprint density at radius 3 is 2.54 bits per heavy atom. The molecule has 1 aliphatic heterocycles. The first-order chi connectivity index (χ1) is 12.3. The molecule has 2 aliphatic rings. The van der Waals surface area contributed by atoms with E-state index in [1.165, 1.54) is 25.5 Å².